The molecule has 1 nitrogen and oxygen atoms in total. The van der Waals surface area contributed by atoms with Gasteiger partial charge < -0.3 is 5.11 Å². The van der Waals surface area contributed by atoms with Crippen LogP contribution in [0.1, 0.15) is 0 Å². The molecule has 15 heavy (non-hydrogen) atoms. The zero-order chi connectivity index (χ0) is 10.5. The predicted molar refractivity (Wildman–Crippen MR) is 64.4 cm³/mol. The van der Waals surface area contributed by atoms with Crippen LogP contribution in [0, 0.1) is 10.8 Å². The van der Waals surface area contributed by atoms with Crippen LogP contribution in [0.5, 0.6) is 0 Å². The first-order valence-electron chi connectivity index (χ1n) is 5.01. The average molecular weight is 263 g/mol. The maximum Gasteiger partial charge on any atom is 0.0991 e. The Labute approximate surface area is 97.3 Å². The lowest BCUT2D eigenvalue weighted by atomic mass is 9.60. The fourth-order valence-electron chi connectivity index (χ4n) is 2.72. The van der Waals surface area contributed by atoms with Crippen LogP contribution in [0.3, 0.4) is 0 Å². The van der Waals surface area contributed by atoms with Gasteiger partial charge in [-0.25, -0.2) is 0 Å². The summed E-state index contributed by atoms with van der Waals surface area (Å²) >= 11 is 3.45. The Kier molecular flexibility index (Phi) is 1.77. The third-order valence-electron chi connectivity index (χ3n) is 3.55. The minimum Gasteiger partial charge on any atom is -0.387 e. The highest BCUT2D eigenvalue weighted by atomic mass is 79.9. The van der Waals surface area contributed by atoms with Gasteiger partial charge in [-0.2, -0.15) is 0 Å². The van der Waals surface area contributed by atoms with Crippen molar-refractivity contribution < 1.29 is 5.11 Å². The summed E-state index contributed by atoms with van der Waals surface area (Å²) in [6, 6.07) is 0. The summed E-state index contributed by atoms with van der Waals surface area (Å²) < 4.78 is 0.870. The topological polar surface area (TPSA) is 20.2 Å². The van der Waals surface area contributed by atoms with Gasteiger partial charge in [0.2, 0.25) is 0 Å². The van der Waals surface area contributed by atoms with Gasteiger partial charge in [-0.3, -0.25) is 0 Å². The minimum atomic E-state index is -0.486. The van der Waals surface area contributed by atoms with E-state index in [0.29, 0.717) is 0 Å². The first kappa shape index (κ1) is 9.37. The van der Waals surface area contributed by atoms with Gasteiger partial charge in [0.05, 0.1) is 11.5 Å². The standard InChI is InChI=1S/C13H11BrO/c14-10-9-12-5-1-3-7-13(12,11(10)15)8-4-2-6-12/h1-9,11,15H. The molecular formula is C13H11BrO. The molecule has 0 aliphatic heterocycles. The normalized spacial score (nSPS) is 45.2. The smallest absolute Gasteiger partial charge is 0.0991 e. The Morgan fingerprint density at radius 3 is 2.07 bits per heavy atom. The molecule has 1 atom stereocenters. The van der Waals surface area contributed by atoms with E-state index in [0.717, 1.165) is 4.48 Å². The average Bonchev–Trinajstić information content (AvgIpc) is 2.49. The molecule has 3 aliphatic rings. The number of allylic oxidation sites excluding steroid dienone is 7. The molecule has 0 spiro atoms. The molecule has 1 unspecified atom stereocenters. The molecular weight excluding hydrogens is 252 g/mol. The number of hydrogen-bond acceptors (Lipinski definition) is 1. The summed E-state index contributed by atoms with van der Waals surface area (Å²) in [6.07, 6.45) is 18.2. The highest BCUT2D eigenvalue weighted by Crippen LogP contribution is 2.59. The quantitative estimate of drug-likeness (QED) is 0.712. The zero-order valence-electron chi connectivity index (χ0n) is 8.10. The molecule has 0 saturated carbocycles. The van der Waals surface area contributed by atoms with E-state index in [9.17, 15) is 5.11 Å². The fraction of sp³-hybridized carbons (Fsp3) is 0.231. The molecule has 2 heteroatoms. The van der Waals surface area contributed by atoms with Crippen LogP contribution in [-0.4, -0.2) is 11.2 Å². The molecule has 3 aliphatic carbocycles. The van der Waals surface area contributed by atoms with Crippen LogP contribution in [0.4, 0.5) is 0 Å². The van der Waals surface area contributed by atoms with Crippen LogP contribution in [-0.2, 0) is 0 Å². The summed E-state index contributed by atoms with van der Waals surface area (Å²) in [5.74, 6) is 0. The molecule has 0 amide bonds. The van der Waals surface area contributed by atoms with E-state index in [1.807, 2.05) is 24.3 Å². The highest BCUT2D eigenvalue weighted by molar-refractivity contribution is 9.11. The number of hydrogen-bond donors (Lipinski definition) is 1. The molecule has 0 fully saturated rings. The van der Waals surface area contributed by atoms with E-state index in [2.05, 4.69) is 46.3 Å². The third-order valence-corrected chi connectivity index (χ3v) is 4.21. The third kappa shape index (κ3) is 0.963. The van der Waals surface area contributed by atoms with Crippen molar-refractivity contribution in [2.75, 3.05) is 0 Å². The van der Waals surface area contributed by atoms with Gasteiger partial charge in [-0.15, -0.1) is 0 Å². The molecule has 0 aromatic heterocycles. The summed E-state index contributed by atoms with van der Waals surface area (Å²) in [5, 5.41) is 10.3. The second-order valence-corrected chi connectivity index (χ2v) is 5.15. The largest absolute Gasteiger partial charge is 0.387 e. The predicted octanol–water partition coefficient (Wildman–Crippen LogP) is 2.86. The monoisotopic (exact) mass is 262 g/mol. The van der Waals surface area contributed by atoms with Crippen molar-refractivity contribution in [3.05, 3.63) is 59.2 Å². The molecule has 0 aromatic rings. The van der Waals surface area contributed by atoms with Crippen molar-refractivity contribution in [3.8, 4) is 0 Å². The molecule has 76 valence electrons. The number of rotatable bonds is 0. The van der Waals surface area contributed by atoms with Crippen molar-refractivity contribution >= 4 is 15.9 Å². The Morgan fingerprint density at radius 2 is 1.53 bits per heavy atom. The number of halogens is 1. The van der Waals surface area contributed by atoms with Crippen molar-refractivity contribution in [3.63, 3.8) is 0 Å². The van der Waals surface area contributed by atoms with Crippen molar-refractivity contribution in [2.24, 2.45) is 10.8 Å². The summed E-state index contributed by atoms with van der Waals surface area (Å²) in [4.78, 5) is 0. The van der Waals surface area contributed by atoms with Crippen LogP contribution >= 0.6 is 15.9 Å². The van der Waals surface area contributed by atoms with E-state index < -0.39 is 6.10 Å². The van der Waals surface area contributed by atoms with Gasteiger partial charge in [0.1, 0.15) is 0 Å². The second-order valence-electron chi connectivity index (χ2n) is 4.23. The molecule has 3 rings (SSSR count). The zero-order valence-corrected chi connectivity index (χ0v) is 9.68. The van der Waals surface area contributed by atoms with E-state index in [1.165, 1.54) is 0 Å². The van der Waals surface area contributed by atoms with Crippen molar-refractivity contribution in [1.29, 1.82) is 0 Å². The lowest BCUT2D eigenvalue weighted by molar-refractivity contribution is 0.105. The van der Waals surface area contributed by atoms with Crippen LogP contribution < -0.4 is 0 Å². The fourth-order valence-corrected chi connectivity index (χ4v) is 3.48. The van der Waals surface area contributed by atoms with Gasteiger partial charge in [0, 0.05) is 9.90 Å². The number of aliphatic hydroxyl groups excluding tert-OH is 1. The summed E-state index contributed by atoms with van der Waals surface area (Å²) in [5.41, 5.74) is -0.510. The van der Waals surface area contributed by atoms with Gasteiger partial charge in [0.25, 0.3) is 0 Å². The maximum absolute atomic E-state index is 10.3. The van der Waals surface area contributed by atoms with Crippen molar-refractivity contribution in [2.45, 2.75) is 6.10 Å². The Bertz CT molecular complexity index is 427. The van der Waals surface area contributed by atoms with Gasteiger partial charge in [-0.05, 0) is 0 Å². The molecule has 1 N–H and O–H groups in total. The molecule has 0 heterocycles. The lowest BCUT2D eigenvalue weighted by Crippen LogP contribution is -2.41. The van der Waals surface area contributed by atoms with Crippen LogP contribution in [0.25, 0.3) is 0 Å². The van der Waals surface area contributed by atoms with E-state index >= 15 is 0 Å². The molecule has 0 radical (unpaired) electrons. The highest BCUT2D eigenvalue weighted by Gasteiger charge is 2.55. The lowest BCUT2D eigenvalue weighted by Gasteiger charge is -2.43. The van der Waals surface area contributed by atoms with E-state index in [1.54, 1.807) is 0 Å². The van der Waals surface area contributed by atoms with Crippen LogP contribution in [0.2, 0.25) is 0 Å². The Hall–Kier alpha value is -0.860. The van der Waals surface area contributed by atoms with E-state index in [-0.39, 0.29) is 10.8 Å². The first-order chi connectivity index (χ1) is 7.20. The molecule has 0 aromatic carbocycles. The molecule has 0 bridgehead atoms. The Morgan fingerprint density at radius 1 is 1.00 bits per heavy atom. The maximum atomic E-state index is 10.3. The van der Waals surface area contributed by atoms with E-state index in [4.69, 9.17) is 0 Å². The first-order valence-corrected chi connectivity index (χ1v) is 5.80. The van der Waals surface area contributed by atoms with Gasteiger partial charge in [0.15, 0.2) is 0 Å². The minimum absolute atomic E-state index is 0.186. The van der Waals surface area contributed by atoms with Gasteiger partial charge >= 0.3 is 0 Å². The van der Waals surface area contributed by atoms with Crippen molar-refractivity contribution in [1.82, 2.24) is 0 Å². The van der Waals surface area contributed by atoms with Gasteiger partial charge in [-0.1, -0.05) is 70.6 Å². The summed E-state index contributed by atoms with van der Waals surface area (Å²) in [6.45, 7) is 0. The molecule has 0 saturated heterocycles. The second kappa shape index (κ2) is 2.83. The van der Waals surface area contributed by atoms with Crippen LogP contribution in [0.15, 0.2) is 59.2 Å². The summed E-state index contributed by atoms with van der Waals surface area (Å²) in [7, 11) is 0. The SMILES string of the molecule is OC1C(Br)=CC23C=CC=CC12C=CC=C3. The number of aliphatic hydroxyl groups is 1. The Balaban J connectivity index is 2.28.